The summed E-state index contributed by atoms with van der Waals surface area (Å²) in [6.07, 6.45) is -5.67. The molecule has 0 radical (unpaired) electrons. The fraction of sp³-hybridized carbons (Fsp3) is 0.950. The number of hydrogen-bond acceptors (Lipinski definition) is 11. The maximum atomic E-state index is 10.5. The number of nitrogens with one attached hydrogen (secondary N) is 2. The maximum absolute atomic E-state index is 10.5. The van der Waals surface area contributed by atoms with Crippen molar-refractivity contribution in [3.05, 3.63) is 0 Å². The molecular weight excluding hydrogens is 476 g/mol. The summed E-state index contributed by atoms with van der Waals surface area (Å²) in [5.41, 5.74) is 0. The van der Waals surface area contributed by atoms with Gasteiger partial charge in [0.2, 0.25) is 0 Å². The summed E-state index contributed by atoms with van der Waals surface area (Å²) in [4.78, 5) is 0. The van der Waals surface area contributed by atoms with E-state index in [-0.39, 0.29) is 17.1 Å². The Bertz CT molecular complexity index is 618. The summed E-state index contributed by atoms with van der Waals surface area (Å²) in [5.74, 6) is 1.16. The third-order valence-corrected chi connectivity index (χ3v) is 7.62. The van der Waals surface area contributed by atoms with Crippen LogP contribution in [0.25, 0.3) is 0 Å². The number of thioether (sulfide) groups is 1. The number of ether oxygens (including phenoxy) is 3. The van der Waals surface area contributed by atoms with Crippen LogP contribution in [0.2, 0.25) is 0 Å². The van der Waals surface area contributed by atoms with Crippen LogP contribution in [0.4, 0.5) is 0 Å². The lowest BCUT2D eigenvalue weighted by Crippen LogP contribution is -2.64. The number of thiocarbonyl (C=S) groups is 1. The van der Waals surface area contributed by atoms with Crippen LogP contribution < -0.4 is 10.6 Å². The molecule has 2 bridgehead atoms. The standard InChI is InChI=1S/C20H36N2O9S2/c23-8-11-14(25)15(26)16(27)18(30-11)22-20(32)21-5-7-33-9-12-10-4-2-1-3-6-29-19(31-12)17(28)13(10)24/h10-19,23-28H,1-9H2,(H2,21,22,32)/t10?,11?,12?,13-,14+,15-,16?,17?,18-,19-/m0/s1. The summed E-state index contributed by atoms with van der Waals surface area (Å²) in [6.45, 7) is 0.486. The largest absolute Gasteiger partial charge is 0.394 e. The van der Waals surface area contributed by atoms with E-state index >= 15 is 0 Å². The molecule has 11 nitrogen and oxygen atoms in total. The molecule has 13 heteroatoms. The third kappa shape index (κ3) is 7.10. The predicted octanol–water partition coefficient (Wildman–Crippen LogP) is -2.36. The monoisotopic (exact) mass is 512 g/mol. The summed E-state index contributed by atoms with van der Waals surface area (Å²) < 4.78 is 17.0. The molecule has 0 aromatic carbocycles. The van der Waals surface area contributed by atoms with Crippen LogP contribution in [-0.2, 0) is 14.2 Å². The zero-order valence-corrected chi connectivity index (χ0v) is 20.0. The van der Waals surface area contributed by atoms with Crippen LogP contribution in [0.3, 0.4) is 0 Å². The van der Waals surface area contributed by atoms with Crippen molar-refractivity contribution in [2.24, 2.45) is 5.92 Å². The molecule has 192 valence electrons. The first-order valence-electron chi connectivity index (χ1n) is 11.4. The van der Waals surface area contributed by atoms with Gasteiger partial charge in [0.15, 0.2) is 17.6 Å². The van der Waals surface area contributed by atoms with Crippen LogP contribution in [0, 0.1) is 5.92 Å². The number of rotatable bonds is 7. The fourth-order valence-electron chi connectivity index (χ4n) is 4.34. The van der Waals surface area contributed by atoms with Crippen molar-refractivity contribution in [1.82, 2.24) is 10.6 Å². The molecule has 0 aromatic rings. The Morgan fingerprint density at radius 3 is 2.45 bits per heavy atom. The van der Waals surface area contributed by atoms with E-state index in [1.54, 1.807) is 11.8 Å². The molecule has 0 saturated carbocycles. The molecular formula is C20H36N2O9S2. The van der Waals surface area contributed by atoms with Crippen molar-refractivity contribution in [2.45, 2.75) is 80.9 Å². The summed E-state index contributed by atoms with van der Waals surface area (Å²) in [6, 6.07) is 0. The Labute approximate surface area is 202 Å². The smallest absolute Gasteiger partial charge is 0.186 e. The molecule has 4 heterocycles. The van der Waals surface area contributed by atoms with E-state index in [1.807, 2.05) is 0 Å². The van der Waals surface area contributed by atoms with E-state index in [1.165, 1.54) is 0 Å². The Morgan fingerprint density at radius 1 is 0.909 bits per heavy atom. The highest BCUT2D eigenvalue weighted by atomic mass is 32.2. The Hall–Kier alpha value is -0.320. The quantitative estimate of drug-likeness (QED) is 0.135. The van der Waals surface area contributed by atoms with Gasteiger partial charge in [-0.05, 0) is 25.1 Å². The summed E-state index contributed by atoms with van der Waals surface area (Å²) in [5, 5.41) is 65.7. The molecule has 0 spiro atoms. The Balaban J connectivity index is 1.39. The van der Waals surface area contributed by atoms with Crippen molar-refractivity contribution in [3.8, 4) is 0 Å². The summed E-state index contributed by atoms with van der Waals surface area (Å²) >= 11 is 6.82. The van der Waals surface area contributed by atoms with Crippen molar-refractivity contribution < 1.29 is 44.8 Å². The first-order valence-corrected chi connectivity index (χ1v) is 13.0. The van der Waals surface area contributed by atoms with Gasteiger partial charge in [-0.25, -0.2) is 0 Å². The van der Waals surface area contributed by atoms with Crippen molar-refractivity contribution >= 4 is 29.1 Å². The lowest BCUT2D eigenvalue weighted by molar-refractivity contribution is -0.284. The van der Waals surface area contributed by atoms with Gasteiger partial charge in [-0.3, -0.25) is 0 Å². The van der Waals surface area contributed by atoms with Gasteiger partial charge in [0, 0.05) is 30.6 Å². The van der Waals surface area contributed by atoms with Gasteiger partial charge < -0.3 is 55.5 Å². The molecule has 4 aliphatic rings. The van der Waals surface area contributed by atoms with Crippen molar-refractivity contribution in [1.29, 1.82) is 0 Å². The van der Waals surface area contributed by atoms with Crippen LogP contribution in [0.15, 0.2) is 0 Å². The van der Waals surface area contributed by atoms with Gasteiger partial charge in [0.1, 0.15) is 30.5 Å². The normalized spacial score (nSPS) is 42.0. The second-order valence-electron chi connectivity index (χ2n) is 8.63. The zero-order chi connectivity index (χ0) is 24.0. The molecule has 4 fully saturated rings. The highest BCUT2D eigenvalue weighted by molar-refractivity contribution is 7.99. The second-order valence-corrected chi connectivity index (χ2v) is 10.2. The zero-order valence-electron chi connectivity index (χ0n) is 18.4. The van der Waals surface area contributed by atoms with Gasteiger partial charge in [-0.15, -0.1) is 0 Å². The molecule has 0 aliphatic carbocycles. The number of aliphatic hydroxyl groups is 6. The van der Waals surface area contributed by atoms with E-state index in [2.05, 4.69) is 10.6 Å². The van der Waals surface area contributed by atoms with Gasteiger partial charge in [0.05, 0.1) is 18.8 Å². The van der Waals surface area contributed by atoms with Gasteiger partial charge in [0.25, 0.3) is 0 Å². The lowest BCUT2D eigenvalue weighted by atomic mass is 9.85. The SMILES string of the molecule is OCC1O[C@H](NC(=S)NCCSCC2O[C@@H]3OCCCCCC2[C@H](O)C3O)C(O)[C@@H](O)[C@@H]1O. The van der Waals surface area contributed by atoms with E-state index in [0.717, 1.165) is 25.7 Å². The molecule has 33 heavy (non-hydrogen) atoms. The van der Waals surface area contributed by atoms with E-state index in [9.17, 15) is 30.6 Å². The molecule has 4 saturated heterocycles. The first-order chi connectivity index (χ1) is 15.8. The fourth-order valence-corrected chi connectivity index (χ4v) is 5.53. The highest BCUT2D eigenvalue weighted by Crippen LogP contribution is 2.33. The maximum Gasteiger partial charge on any atom is 0.186 e. The minimum absolute atomic E-state index is 0.146. The second kappa shape index (κ2) is 13.1. The predicted molar refractivity (Wildman–Crippen MR) is 123 cm³/mol. The van der Waals surface area contributed by atoms with Gasteiger partial charge in [-0.2, -0.15) is 11.8 Å². The molecule has 8 N–H and O–H groups in total. The Kier molecular flexibility index (Phi) is 10.8. The van der Waals surface area contributed by atoms with Crippen molar-refractivity contribution in [3.63, 3.8) is 0 Å². The highest BCUT2D eigenvalue weighted by Gasteiger charge is 2.45. The Morgan fingerprint density at radius 2 is 1.70 bits per heavy atom. The third-order valence-electron chi connectivity index (χ3n) is 6.30. The molecule has 10 atom stereocenters. The number of aliphatic hydroxyl groups excluding tert-OH is 6. The molecule has 0 aromatic heterocycles. The van der Waals surface area contributed by atoms with Crippen molar-refractivity contribution in [2.75, 3.05) is 31.3 Å². The average Bonchev–Trinajstić information content (AvgIpc) is 2.81. The molecule has 0 amide bonds. The van der Waals surface area contributed by atoms with Crippen LogP contribution in [0.1, 0.15) is 25.7 Å². The van der Waals surface area contributed by atoms with Gasteiger partial charge in [-0.1, -0.05) is 12.8 Å². The topological polar surface area (TPSA) is 173 Å². The van der Waals surface area contributed by atoms with E-state index < -0.39 is 55.7 Å². The molecule has 4 rings (SSSR count). The number of hydrogen-bond donors (Lipinski definition) is 8. The van der Waals surface area contributed by atoms with Crippen LogP contribution in [-0.4, -0.2) is 122 Å². The average molecular weight is 513 g/mol. The molecule has 4 aliphatic heterocycles. The van der Waals surface area contributed by atoms with E-state index in [4.69, 9.17) is 26.4 Å². The number of fused-ring (bicyclic) bond motifs is 7. The van der Waals surface area contributed by atoms with Gasteiger partial charge >= 0.3 is 0 Å². The minimum Gasteiger partial charge on any atom is -0.394 e. The summed E-state index contributed by atoms with van der Waals surface area (Å²) in [7, 11) is 0. The van der Waals surface area contributed by atoms with Crippen LogP contribution in [0.5, 0.6) is 0 Å². The van der Waals surface area contributed by atoms with Crippen LogP contribution >= 0.6 is 24.0 Å². The first kappa shape index (κ1) is 27.3. The minimum atomic E-state index is -1.47. The van der Waals surface area contributed by atoms with E-state index in [0.29, 0.717) is 24.7 Å². The lowest BCUT2D eigenvalue weighted by Gasteiger charge is -2.43. The molecule has 5 unspecified atom stereocenters.